The van der Waals surface area contributed by atoms with Crippen LogP contribution in [0.5, 0.6) is 11.5 Å². The van der Waals surface area contributed by atoms with Gasteiger partial charge in [0.2, 0.25) is 5.91 Å². The van der Waals surface area contributed by atoms with Crippen LogP contribution in [0.4, 0.5) is 11.4 Å². The van der Waals surface area contributed by atoms with Crippen LogP contribution in [0.1, 0.15) is 0 Å². The van der Waals surface area contributed by atoms with Crippen LogP contribution in [-0.4, -0.2) is 26.7 Å². The first kappa shape index (κ1) is 18.5. The molecule has 1 amide bonds. The maximum Gasteiger partial charge on any atom is 0.243 e. The largest absolute Gasteiger partial charge is 0.495 e. The fourth-order valence-corrected chi connectivity index (χ4v) is 2.47. The summed E-state index contributed by atoms with van der Waals surface area (Å²) in [5.41, 5.74) is 1.14. The second kappa shape index (κ2) is 8.33. The molecule has 0 radical (unpaired) electrons. The zero-order valence-corrected chi connectivity index (χ0v) is 15.2. The molecule has 0 aromatic heterocycles. The van der Waals surface area contributed by atoms with Crippen molar-refractivity contribution in [1.82, 2.24) is 0 Å². The van der Waals surface area contributed by atoms with Crippen LogP contribution in [0.25, 0.3) is 0 Å². The highest BCUT2D eigenvalue weighted by Crippen LogP contribution is 2.35. The van der Waals surface area contributed by atoms with Crippen molar-refractivity contribution in [2.24, 2.45) is 0 Å². The van der Waals surface area contributed by atoms with E-state index in [1.54, 1.807) is 30.3 Å². The normalized spacial score (nSPS) is 10.2. The Balaban J connectivity index is 2.05. The van der Waals surface area contributed by atoms with E-state index in [0.29, 0.717) is 37.9 Å². The van der Waals surface area contributed by atoms with Gasteiger partial charge in [0.05, 0.1) is 41.5 Å². The Kier molecular flexibility index (Phi) is 6.43. The molecule has 0 heterocycles. The minimum Gasteiger partial charge on any atom is -0.495 e. The molecule has 0 atom stereocenters. The van der Waals surface area contributed by atoms with Crippen molar-refractivity contribution < 1.29 is 14.3 Å². The molecular weight excluding hydrogens is 375 g/mol. The standard InChI is InChI=1S/C16H15Cl3N2O3/c1-23-14-7-13(15(24-2)6-12(14)19)21-16(22)8-20-9-3-4-10(17)11(18)5-9/h3-7,20H,8H2,1-2H3,(H,21,22). The predicted molar refractivity (Wildman–Crippen MR) is 98.1 cm³/mol. The maximum absolute atomic E-state index is 12.1. The van der Waals surface area contributed by atoms with Gasteiger partial charge in [-0.1, -0.05) is 34.8 Å². The molecule has 0 aliphatic rings. The number of halogens is 3. The Morgan fingerprint density at radius 3 is 2.29 bits per heavy atom. The quantitative estimate of drug-likeness (QED) is 0.751. The highest BCUT2D eigenvalue weighted by Gasteiger charge is 2.12. The van der Waals surface area contributed by atoms with Gasteiger partial charge in [-0.2, -0.15) is 0 Å². The predicted octanol–water partition coefficient (Wildman–Crippen LogP) is 4.71. The second-order valence-electron chi connectivity index (χ2n) is 4.72. The van der Waals surface area contributed by atoms with E-state index in [4.69, 9.17) is 44.3 Å². The number of rotatable bonds is 6. The Morgan fingerprint density at radius 1 is 0.958 bits per heavy atom. The van der Waals surface area contributed by atoms with Gasteiger partial charge in [-0.3, -0.25) is 4.79 Å². The number of amides is 1. The van der Waals surface area contributed by atoms with Crippen molar-refractivity contribution in [1.29, 1.82) is 0 Å². The van der Waals surface area contributed by atoms with E-state index in [-0.39, 0.29) is 12.5 Å². The average molecular weight is 390 g/mol. The van der Waals surface area contributed by atoms with Crippen LogP contribution in [0, 0.1) is 0 Å². The third-order valence-electron chi connectivity index (χ3n) is 3.12. The lowest BCUT2D eigenvalue weighted by Crippen LogP contribution is -2.22. The summed E-state index contributed by atoms with van der Waals surface area (Å²) in [6.45, 7) is 0.0338. The molecule has 24 heavy (non-hydrogen) atoms. The molecule has 2 aromatic carbocycles. The molecule has 2 rings (SSSR count). The van der Waals surface area contributed by atoms with E-state index in [1.807, 2.05) is 0 Å². The van der Waals surface area contributed by atoms with E-state index in [1.165, 1.54) is 14.2 Å². The minimum absolute atomic E-state index is 0.0338. The van der Waals surface area contributed by atoms with Crippen molar-refractivity contribution >= 4 is 52.1 Å². The summed E-state index contributed by atoms with van der Waals surface area (Å²) >= 11 is 17.8. The first-order valence-corrected chi connectivity index (χ1v) is 7.98. The molecule has 0 aliphatic heterocycles. The fourth-order valence-electron chi connectivity index (χ4n) is 1.94. The van der Waals surface area contributed by atoms with Gasteiger partial charge in [0.25, 0.3) is 0 Å². The molecule has 0 unspecified atom stereocenters. The number of nitrogens with one attached hydrogen (secondary N) is 2. The summed E-state index contributed by atoms with van der Waals surface area (Å²) < 4.78 is 10.3. The van der Waals surface area contributed by atoms with Crippen LogP contribution in [0.15, 0.2) is 30.3 Å². The molecule has 0 saturated carbocycles. The molecule has 8 heteroatoms. The zero-order valence-electron chi connectivity index (χ0n) is 13.0. The monoisotopic (exact) mass is 388 g/mol. The lowest BCUT2D eigenvalue weighted by atomic mass is 10.2. The molecule has 0 aliphatic carbocycles. The fraction of sp³-hybridized carbons (Fsp3) is 0.188. The van der Waals surface area contributed by atoms with Crippen LogP contribution in [0.2, 0.25) is 15.1 Å². The van der Waals surface area contributed by atoms with E-state index in [9.17, 15) is 4.79 Å². The van der Waals surface area contributed by atoms with Crippen molar-refractivity contribution in [3.8, 4) is 11.5 Å². The molecule has 0 fully saturated rings. The third-order valence-corrected chi connectivity index (χ3v) is 4.16. The topological polar surface area (TPSA) is 59.6 Å². The lowest BCUT2D eigenvalue weighted by Gasteiger charge is -2.14. The highest BCUT2D eigenvalue weighted by molar-refractivity contribution is 6.42. The Hall–Kier alpha value is -1.82. The molecule has 0 saturated heterocycles. The highest BCUT2D eigenvalue weighted by atomic mass is 35.5. The molecule has 0 bridgehead atoms. The molecule has 2 aromatic rings. The zero-order chi connectivity index (χ0) is 17.7. The molecule has 5 nitrogen and oxygen atoms in total. The van der Waals surface area contributed by atoms with Gasteiger partial charge in [-0.05, 0) is 18.2 Å². The first-order chi connectivity index (χ1) is 11.4. The van der Waals surface area contributed by atoms with E-state index in [0.717, 1.165) is 0 Å². The summed E-state index contributed by atoms with van der Waals surface area (Å²) in [5, 5.41) is 6.94. The molecule has 0 spiro atoms. The van der Waals surface area contributed by atoms with Crippen LogP contribution >= 0.6 is 34.8 Å². The van der Waals surface area contributed by atoms with Gasteiger partial charge < -0.3 is 20.1 Å². The van der Waals surface area contributed by atoms with Crippen molar-refractivity contribution in [3.63, 3.8) is 0 Å². The van der Waals surface area contributed by atoms with Gasteiger partial charge >= 0.3 is 0 Å². The second-order valence-corrected chi connectivity index (χ2v) is 5.94. The molecule has 128 valence electrons. The number of ether oxygens (including phenoxy) is 2. The Bertz CT molecular complexity index is 754. The van der Waals surface area contributed by atoms with Gasteiger partial charge in [-0.15, -0.1) is 0 Å². The van der Waals surface area contributed by atoms with Gasteiger partial charge in [0.15, 0.2) is 0 Å². The lowest BCUT2D eigenvalue weighted by molar-refractivity contribution is -0.114. The number of carbonyl (C=O) groups excluding carboxylic acids is 1. The van der Waals surface area contributed by atoms with Crippen molar-refractivity contribution in [2.45, 2.75) is 0 Å². The maximum atomic E-state index is 12.1. The van der Waals surface area contributed by atoms with E-state index < -0.39 is 0 Å². The van der Waals surface area contributed by atoms with Crippen LogP contribution in [-0.2, 0) is 4.79 Å². The Labute approximate surface area is 154 Å². The molecule has 2 N–H and O–H groups in total. The van der Waals surface area contributed by atoms with Crippen molar-refractivity contribution in [3.05, 3.63) is 45.4 Å². The number of hydrogen-bond donors (Lipinski definition) is 2. The summed E-state index contributed by atoms with van der Waals surface area (Å²) in [7, 11) is 2.98. The summed E-state index contributed by atoms with van der Waals surface area (Å²) in [6, 6.07) is 8.19. The first-order valence-electron chi connectivity index (χ1n) is 6.85. The number of benzene rings is 2. The van der Waals surface area contributed by atoms with Gasteiger partial charge in [-0.25, -0.2) is 0 Å². The third kappa shape index (κ3) is 4.60. The minimum atomic E-state index is -0.274. The SMILES string of the molecule is COc1cc(NC(=O)CNc2ccc(Cl)c(Cl)c2)c(OC)cc1Cl. The van der Waals surface area contributed by atoms with Crippen LogP contribution < -0.4 is 20.1 Å². The van der Waals surface area contributed by atoms with Gasteiger partial charge in [0, 0.05) is 17.8 Å². The summed E-state index contributed by atoms with van der Waals surface area (Å²) in [4.78, 5) is 12.1. The smallest absolute Gasteiger partial charge is 0.243 e. The number of carbonyl (C=O) groups is 1. The number of methoxy groups -OCH3 is 2. The summed E-state index contributed by atoms with van der Waals surface area (Å²) in [6.07, 6.45) is 0. The van der Waals surface area contributed by atoms with E-state index in [2.05, 4.69) is 10.6 Å². The Morgan fingerprint density at radius 2 is 1.67 bits per heavy atom. The van der Waals surface area contributed by atoms with Crippen molar-refractivity contribution in [2.75, 3.05) is 31.4 Å². The molecular formula is C16H15Cl3N2O3. The van der Waals surface area contributed by atoms with Gasteiger partial charge in [0.1, 0.15) is 11.5 Å². The van der Waals surface area contributed by atoms with E-state index >= 15 is 0 Å². The summed E-state index contributed by atoms with van der Waals surface area (Å²) in [5.74, 6) is 0.595. The number of hydrogen-bond acceptors (Lipinski definition) is 4. The average Bonchev–Trinajstić information content (AvgIpc) is 2.57. The number of anilines is 2. The van der Waals surface area contributed by atoms with Crippen LogP contribution in [0.3, 0.4) is 0 Å².